The number of hydrogen-bond acceptors (Lipinski definition) is 4. The summed E-state index contributed by atoms with van der Waals surface area (Å²) in [6.45, 7) is 0.887. The summed E-state index contributed by atoms with van der Waals surface area (Å²) in [6, 6.07) is 1.45. The molecular weight excluding hydrogens is 230 g/mol. The van der Waals surface area contributed by atoms with Crippen molar-refractivity contribution >= 4 is 23.2 Å². The van der Waals surface area contributed by atoms with E-state index in [9.17, 15) is 9.90 Å². The maximum absolute atomic E-state index is 12.0. The Morgan fingerprint density at radius 2 is 2.44 bits per heavy atom. The molecule has 0 radical (unpaired) electrons. The molecule has 16 heavy (non-hydrogen) atoms. The number of anilines is 1. The van der Waals surface area contributed by atoms with E-state index in [1.807, 2.05) is 0 Å². The van der Waals surface area contributed by atoms with Gasteiger partial charge in [0.1, 0.15) is 5.15 Å². The van der Waals surface area contributed by atoms with Crippen LogP contribution in [0.5, 0.6) is 0 Å². The number of halogens is 1. The number of carbonyl (C=O) groups excluding carboxylic acids is 1. The molecule has 1 aliphatic rings. The van der Waals surface area contributed by atoms with Crippen molar-refractivity contribution in [2.75, 3.05) is 18.8 Å². The van der Waals surface area contributed by atoms with E-state index in [4.69, 9.17) is 17.3 Å². The lowest BCUT2D eigenvalue weighted by Gasteiger charge is -2.16. The van der Waals surface area contributed by atoms with Crippen molar-refractivity contribution < 1.29 is 9.90 Å². The minimum absolute atomic E-state index is 0.210. The highest BCUT2D eigenvalue weighted by Gasteiger charge is 2.26. The maximum Gasteiger partial charge on any atom is 0.256 e. The number of amides is 1. The highest BCUT2D eigenvalue weighted by molar-refractivity contribution is 6.29. The highest BCUT2D eigenvalue weighted by Crippen LogP contribution is 2.19. The molecule has 86 valence electrons. The Hall–Kier alpha value is -1.33. The Morgan fingerprint density at radius 3 is 3.06 bits per heavy atom. The standard InChI is InChI=1S/C10H12ClN3O2/c11-9-3-7(8(12)4-13-9)10(16)14-2-1-6(15)5-14/h3-4,6,15H,1-2,5,12H2/t6-/m0/s1. The van der Waals surface area contributed by atoms with Gasteiger partial charge in [0.2, 0.25) is 0 Å². The molecule has 1 amide bonds. The van der Waals surface area contributed by atoms with Crippen LogP contribution in [0.3, 0.4) is 0 Å². The van der Waals surface area contributed by atoms with Crippen molar-refractivity contribution in [3.63, 3.8) is 0 Å². The fraction of sp³-hybridized carbons (Fsp3) is 0.400. The van der Waals surface area contributed by atoms with E-state index in [-0.39, 0.29) is 11.1 Å². The number of aliphatic hydroxyl groups excluding tert-OH is 1. The number of carbonyl (C=O) groups is 1. The summed E-state index contributed by atoms with van der Waals surface area (Å²) in [6.07, 6.45) is 1.52. The van der Waals surface area contributed by atoms with E-state index in [1.54, 1.807) is 4.90 Å². The van der Waals surface area contributed by atoms with E-state index in [0.29, 0.717) is 30.8 Å². The molecule has 1 aromatic rings. The number of aromatic nitrogens is 1. The van der Waals surface area contributed by atoms with Gasteiger partial charge in [0.25, 0.3) is 5.91 Å². The fourth-order valence-electron chi connectivity index (χ4n) is 1.72. The summed E-state index contributed by atoms with van der Waals surface area (Å²) in [5.74, 6) is -0.210. The molecule has 2 rings (SSSR count). The second kappa shape index (κ2) is 4.27. The average molecular weight is 242 g/mol. The van der Waals surface area contributed by atoms with Gasteiger partial charge in [-0.25, -0.2) is 4.98 Å². The van der Waals surface area contributed by atoms with Crippen molar-refractivity contribution in [2.24, 2.45) is 0 Å². The smallest absolute Gasteiger partial charge is 0.256 e. The minimum Gasteiger partial charge on any atom is -0.397 e. The van der Waals surface area contributed by atoms with Crippen LogP contribution in [0.4, 0.5) is 5.69 Å². The highest BCUT2D eigenvalue weighted by atomic mass is 35.5. The monoisotopic (exact) mass is 241 g/mol. The van der Waals surface area contributed by atoms with E-state index in [0.717, 1.165) is 0 Å². The third-order valence-corrected chi connectivity index (χ3v) is 2.79. The molecule has 0 spiro atoms. The SMILES string of the molecule is Nc1cnc(Cl)cc1C(=O)N1CC[C@H](O)C1. The van der Waals surface area contributed by atoms with Gasteiger partial charge in [0.05, 0.1) is 23.6 Å². The van der Waals surface area contributed by atoms with Crippen LogP contribution in [0, 0.1) is 0 Å². The van der Waals surface area contributed by atoms with Crippen molar-refractivity contribution in [2.45, 2.75) is 12.5 Å². The molecule has 1 aliphatic heterocycles. The van der Waals surface area contributed by atoms with Gasteiger partial charge in [-0.2, -0.15) is 0 Å². The van der Waals surface area contributed by atoms with Crippen LogP contribution in [0.25, 0.3) is 0 Å². The van der Waals surface area contributed by atoms with Gasteiger partial charge in [-0.3, -0.25) is 4.79 Å². The third-order valence-electron chi connectivity index (χ3n) is 2.58. The molecular formula is C10H12ClN3O2. The van der Waals surface area contributed by atoms with Crippen molar-refractivity contribution in [1.29, 1.82) is 0 Å². The van der Waals surface area contributed by atoms with Gasteiger partial charge in [-0.05, 0) is 12.5 Å². The molecule has 5 nitrogen and oxygen atoms in total. The molecule has 1 atom stereocenters. The predicted octanol–water partition coefficient (Wildman–Crippen LogP) is 0.524. The fourth-order valence-corrected chi connectivity index (χ4v) is 1.88. The number of rotatable bonds is 1. The minimum atomic E-state index is -0.442. The van der Waals surface area contributed by atoms with Crippen molar-refractivity contribution in [3.05, 3.63) is 23.0 Å². The van der Waals surface area contributed by atoms with Gasteiger partial charge in [-0.15, -0.1) is 0 Å². The zero-order valence-electron chi connectivity index (χ0n) is 8.56. The second-order valence-corrected chi connectivity index (χ2v) is 4.18. The summed E-state index contributed by atoms with van der Waals surface area (Å²) in [5, 5.41) is 9.59. The summed E-state index contributed by atoms with van der Waals surface area (Å²) in [4.78, 5) is 17.4. The quantitative estimate of drug-likeness (QED) is 0.703. The normalized spacial score (nSPS) is 20.1. The number of likely N-dealkylation sites (tertiary alicyclic amines) is 1. The van der Waals surface area contributed by atoms with Gasteiger partial charge in [-0.1, -0.05) is 11.6 Å². The van der Waals surface area contributed by atoms with Crippen LogP contribution in [0.15, 0.2) is 12.3 Å². The number of β-amino-alcohol motifs (C(OH)–C–C–N with tert-alkyl or cyclic N) is 1. The summed E-state index contributed by atoms with van der Waals surface area (Å²) in [7, 11) is 0. The predicted molar refractivity (Wildman–Crippen MR) is 60.2 cm³/mol. The molecule has 1 fully saturated rings. The first-order valence-corrected chi connectivity index (χ1v) is 5.34. The Balaban J connectivity index is 2.23. The molecule has 6 heteroatoms. The number of pyridine rings is 1. The molecule has 3 N–H and O–H groups in total. The van der Waals surface area contributed by atoms with Crippen LogP contribution < -0.4 is 5.73 Å². The number of nitrogens with zero attached hydrogens (tertiary/aromatic N) is 2. The van der Waals surface area contributed by atoms with Crippen molar-refractivity contribution in [3.8, 4) is 0 Å². The topological polar surface area (TPSA) is 79.5 Å². The van der Waals surface area contributed by atoms with Crippen LogP contribution in [-0.2, 0) is 0 Å². The number of nitrogens with two attached hydrogens (primary N) is 1. The van der Waals surface area contributed by atoms with Gasteiger partial charge in [0, 0.05) is 13.1 Å². The molecule has 0 aliphatic carbocycles. The van der Waals surface area contributed by atoms with E-state index in [1.165, 1.54) is 12.3 Å². The molecule has 0 unspecified atom stereocenters. The van der Waals surface area contributed by atoms with Crippen LogP contribution >= 0.6 is 11.6 Å². The molecule has 0 saturated carbocycles. The molecule has 1 saturated heterocycles. The molecule has 1 aromatic heterocycles. The van der Waals surface area contributed by atoms with Crippen LogP contribution in [-0.4, -0.2) is 40.1 Å². The zero-order valence-corrected chi connectivity index (χ0v) is 9.31. The lowest BCUT2D eigenvalue weighted by molar-refractivity contribution is 0.0766. The van der Waals surface area contributed by atoms with E-state index < -0.39 is 6.10 Å². The average Bonchev–Trinajstić information content (AvgIpc) is 2.67. The molecule has 0 bridgehead atoms. The summed E-state index contributed by atoms with van der Waals surface area (Å²) < 4.78 is 0. The number of hydrogen-bond donors (Lipinski definition) is 2. The second-order valence-electron chi connectivity index (χ2n) is 3.79. The lowest BCUT2D eigenvalue weighted by Crippen LogP contribution is -2.30. The molecule has 2 heterocycles. The van der Waals surface area contributed by atoms with Crippen LogP contribution in [0.2, 0.25) is 5.15 Å². The Morgan fingerprint density at radius 1 is 1.69 bits per heavy atom. The van der Waals surface area contributed by atoms with Gasteiger partial charge < -0.3 is 15.7 Å². The Kier molecular flexibility index (Phi) is 2.98. The number of nitrogen functional groups attached to an aromatic ring is 1. The van der Waals surface area contributed by atoms with E-state index in [2.05, 4.69) is 4.98 Å². The largest absolute Gasteiger partial charge is 0.397 e. The zero-order chi connectivity index (χ0) is 11.7. The first kappa shape index (κ1) is 11.2. The first-order chi connectivity index (χ1) is 7.58. The van der Waals surface area contributed by atoms with Gasteiger partial charge >= 0.3 is 0 Å². The summed E-state index contributed by atoms with van der Waals surface area (Å²) >= 11 is 5.71. The Bertz CT molecular complexity index is 425. The van der Waals surface area contributed by atoms with Crippen molar-refractivity contribution in [1.82, 2.24) is 9.88 Å². The number of aliphatic hydroxyl groups is 1. The lowest BCUT2D eigenvalue weighted by atomic mass is 10.2. The van der Waals surface area contributed by atoms with E-state index >= 15 is 0 Å². The summed E-state index contributed by atoms with van der Waals surface area (Å²) in [5.41, 5.74) is 6.30. The molecule has 0 aromatic carbocycles. The van der Waals surface area contributed by atoms with Gasteiger partial charge in [0.15, 0.2) is 0 Å². The third kappa shape index (κ3) is 2.10. The maximum atomic E-state index is 12.0. The first-order valence-electron chi connectivity index (χ1n) is 4.96. The Labute approximate surface area is 97.8 Å². The van der Waals surface area contributed by atoms with Crippen LogP contribution in [0.1, 0.15) is 16.8 Å².